The highest BCUT2D eigenvalue weighted by molar-refractivity contribution is 5.85. The summed E-state index contributed by atoms with van der Waals surface area (Å²) >= 11 is 0. The molecule has 0 radical (unpaired) electrons. The number of hydrogen-bond acceptors (Lipinski definition) is 3. The van der Waals surface area contributed by atoms with Gasteiger partial charge >= 0.3 is 0 Å². The van der Waals surface area contributed by atoms with Gasteiger partial charge in [-0.25, -0.2) is 0 Å². The average molecular weight is 315 g/mol. The quantitative estimate of drug-likeness (QED) is 0.799. The van der Waals surface area contributed by atoms with Crippen LogP contribution in [-0.4, -0.2) is 35.3 Å². The molecule has 0 bridgehead atoms. The lowest BCUT2D eigenvalue weighted by atomic mass is 10.0. The molecule has 0 aliphatic carbocycles. The molecule has 1 atom stereocenters. The molecular formula is C19H29N3O. The zero-order valence-corrected chi connectivity index (χ0v) is 14.6. The lowest BCUT2D eigenvalue weighted by Crippen LogP contribution is -2.21. The van der Waals surface area contributed by atoms with Gasteiger partial charge in [-0.15, -0.1) is 0 Å². The Morgan fingerprint density at radius 2 is 2.00 bits per heavy atom. The largest absolute Gasteiger partial charge is 0.380 e. The third-order valence-electron chi connectivity index (χ3n) is 4.81. The van der Waals surface area contributed by atoms with Crippen LogP contribution in [0.15, 0.2) is 18.3 Å². The molecule has 1 aromatic carbocycles. The van der Waals surface area contributed by atoms with Crippen LogP contribution < -0.4 is 5.73 Å². The van der Waals surface area contributed by atoms with Gasteiger partial charge in [-0.2, -0.15) is 0 Å². The first-order chi connectivity index (χ1) is 11.1. The van der Waals surface area contributed by atoms with E-state index in [1.54, 1.807) is 0 Å². The number of nitrogens with two attached hydrogens (primary N) is 1. The van der Waals surface area contributed by atoms with Gasteiger partial charge in [0.1, 0.15) is 0 Å². The van der Waals surface area contributed by atoms with Gasteiger partial charge in [0.25, 0.3) is 0 Å². The van der Waals surface area contributed by atoms with E-state index < -0.39 is 0 Å². The maximum Gasteiger partial charge on any atom is 0.0593 e. The smallest absolute Gasteiger partial charge is 0.0593 e. The van der Waals surface area contributed by atoms with E-state index in [1.807, 2.05) is 0 Å². The lowest BCUT2D eigenvalue weighted by Gasteiger charge is -2.13. The third-order valence-corrected chi connectivity index (χ3v) is 4.81. The number of aryl methyl sites for hydroxylation is 2. The van der Waals surface area contributed by atoms with Crippen LogP contribution in [-0.2, 0) is 31.3 Å². The van der Waals surface area contributed by atoms with Crippen LogP contribution in [0.4, 0.5) is 0 Å². The molecule has 1 aromatic heterocycles. The predicted octanol–water partition coefficient (Wildman–Crippen LogP) is 2.81. The summed E-state index contributed by atoms with van der Waals surface area (Å²) in [6, 6.07) is 5.04. The zero-order chi connectivity index (χ0) is 16.4. The minimum Gasteiger partial charge on any atom is -0.380 e. The van der Waals surface area contributed by atoms with Gasteiger partial charge < -0.3 is 15.0 Å². The summed E-state index contributed by atoms with van der Waals surface area (Å²) in [5, 5.41) is 1.40. The second-order valence-corrected chi connectivity index (χ2v) is 6.83. The molecule has 23 heavy (non-hydrogen) atoms. The minimum absolute atomic E-state index is 0.258. The van der Waals surface area contributed by atoms with Crippen molar-refractivity contribution in [3.8, 4) is 0 Å². The van der Waals surface area contributed by atoms with Crippen LogP contribution in [0.5, 0.6) is 0 Å². The fourth-order valence-electron chi connectivity index (χ4n) is 3.51. The lowest BCUT2D eigenvalue weighted by molar-refractivity contribution is 0.113. The topological polar surface area (TPSA) is 43.4 Å². The standard InChI is InChI=1S/C19H29N3O/c1-4-23-8-7-22-12-16-9-18-15(6-5-14(2)20)11-21(3)19(18)10-17(16)13-22/h9-11,14H,4-8,12-13,20H2,1-3H3. The van der Waals surface area contributed by atoms with Gasteiger partial charge in [0.2, 0.25) is 0 Å². The van der Waals surface area contributed by atoms with Crippen molar-refractivity contribution in [3.05, 3.63) is 35.0 Å². The van der Waals surface area contributed by atoms with Gasteiger partial charge in [-0.1, -0.05) is 0 Å². The Morgan fingerprint density at radius 3 is 2.70 bits per heavy atom. The van der Waals surface area contributed by atoms with E-state index in [4.69, 9.17) is 10.5 Å². The monoisotopic (exact) mass is 315 g/mol. The van der Waals surface area contributed by atoms with Crippen LogP contribution in [0.25, 0.3) is 10.9 Å². The summed E-state index contributed by atoms with van der Waals surface area (Å²) in [6.45, 7) is 8.85. The molecule has 2 N–H and O–H groups in total. The van der Waals surface area contributed by atoms with Crippen LogP contribution in [0.1, 0.15) is 37.0 Å². The van der Waals surface area contributed by atoms with E-state index in [-0.39, 0.29) is 6.04 Å². The number of rotatable bonds is 7. The Bertz CT molecular complexity index is 675. The fraction of sp³-hybridized carbons (Fsp3) is 0.579. The zero-order valence-electron chi connectivity index (χ0n) is 14.6. The molecule has 2 heterocycles. The molecule has 0 spiro atoms. The number of hydrogen-bond donors (Lipinski definition) is 1. The normalized spacial score (nSPS) is 16.2. The summed E-state index contributed by atoms with van der Waals surface area (Å²) in [5.41, 5.74) is 11.6. The molecule has 1 aliphatic rings. The van der Waals surface area contributed by atoms with Gasteiger partial charge in [0, 0.05) is 56.4 Å². The van der Waals surface area contributed by atoms with Crippen molar-refractivity contribution in [1.29, 1.82) is 0 Å². The van der Waals surface area contributed by atoms with Gasteiger partial charge in [-0.05, 0) is 55.5 Å². The highest BCUT2D eigenvalue weighted by Crippen LogP contribution is 2.30. The van der Waals surface area contributed by atoms with Crippen LogP contribution in [0, 0.1) is 0 Å². The molecule has 0 amide bonds. The molecule has 3 rings (SSSR count). The van der Waals surface area contributed by atoms with Crippen molar-refractivity contribution in [2.45, 2.75) is 45.8 Å². The van der Waals surface area contributed by atoms with E-state index in [2.05, 4.69) is 48.7 Å². The van der Waals surface area contributed by atoms with Crippen molar-refractivity contribution in [3.63, 3.8) is 0 Å². The van der Waals surface area contributed by atoms with Crippen LogP contribution in [0.2, 0.25) is 0 Å². The Labute approximate surface area is 139 Å². The van der Waals surface area contributed by atoms with Crippen molar-refractivity contribution in [2.24, 2.45) is 12.8 Å². The van der Waals surface area contributed by atoms with Crippen molar-refractivity contribution >= 4 is 10.9 Å². The minimum atomic E-state index is 0.258. The maximum absolute atomic E-state index is 5.93. The molecule has 4 nitrogen and oxygen atoms in total. The van der Waals surface area contributed by atoms with Crippen molar-refractivity contribution in [2.75, 3.05) is 19.8 Å². The SMILES string of the molecule is CCOCCN1Cc2cc3c(CCC(C)N)cn(C)c3cc2C1. The van der Waals surface area contributed by atoms with Crippen molar-refractivity contribution in [1.82, 2.24) is 9.47 Å². The Morgan fingerprint density at radius 1 is 1.26 bits per heavy atom. The van der Waals surface area contributed by atoms with E-state index >= 15 is 0 Å². The average Bonchev–Trinajstić information content (AvgIpc) is 3.04. The number of benzene rings is 1. The second kappa shape index (κ2) is 7.04. The number of nitrogens with zero attached hydrogens (tertiary/aromatic N) is 2. The molecule has 1 aliphatic heterocycles. The first-order valence-corrected chi connectivity index (χ1v) is 8.74. The van der Waals surface area contributed by atoms with Gasteiger partial charge in [0.15, 0.2) is 0 Å². The summed E-state index contributed by atoms with van der Waals surface area (Å²) in [6.07, 6.45) is 4.37. The molecule has 2 aromatic rings. The first-order valence-electron chi connectivity index (χ1n) is 8.74. The Hall–Kier alpha value is -1.36. The Kier molecular flexibility index (Phi) is 5.05. The van der Waals surface area contributed by atoms with Crippen molar-refractivity contribution < 1.29 is 4.74 Å². The van der Waals surface area contributed by atoms with Gasteiger partial charge in [0.05, 0.1) is 6.61 Å². The summed E-state index contributed by atoms with van der Waals surface area (Å²) in [5.74, 6) is 0. The summed E-state index contributed by atoms with van der Waals surface area (Å²) < 4.78 is 7.75. The molecule has 0 saturated heterocycles. The van der Waals surface area contributed by atoms with E-state index in [0.29, 0.717) is 0 Å². The van der Waals surface area contributed by atoms with Crippen LogP contribution >= 0.6 is 0 Å². The highest BCUT2D eigenvalue weighted by atomic mass is 16.5. The fourth-order valence-corrected chi connectivity index (χ4v) is 3.51. The molecule has 126 valence electrons. The number of aromatic nitrogens is 1. The second-order valence-electron chi connectivity index (χ2n) is 6.83. The third kappa shape index (κ3) is 3.60. The molecule has 4 heteroatoms. The van der Waals surface area contributed by atoms with E-state index in [0.717, 1.165) is 45.7 Å². The summed E-state index contributed by atoms with van der Waals surface area (Å²) in [4.78, 5) is 2.47. The molecular weight excluding hydrogens is 286 g/mol. The Balaban J connectivity index is 1.80. The molecule has 1 unspecified atom stereocenters. The highest BCUT2D eigenvalue weighted by Gasteiger charge is 2.21. The number of ether oxygens (including phenoxy) is 1. The maximum atomic E-state index is 5.93. The predicted molar refractivity (Wildman–Crippen MR) is 95.5 cm³/mol. The molecule has 0 saturated carbocycles. The summed E-state index contributed by atoms with van der Waals surface area (Å²) in [7, 11) is 2.14. The first kappa shape index (κ1) is 16.5. The van der Waals surface area contributed by atoms with E-state index in [9.17, 15) is 0 Å². The van der Waals surface area contributed by atoms with Crippen LogP contribution in [0.3, 0.4) is 0 Å². The number of fused-ring (bicyclic) bond motifs is 2. The van der Waals surface area contributed by atoms with Gasteiger partial charge in [-0.3, -0.25) is 4.90 Å². The van der Waals surface area contributed by atoms with E-state index in [1.165, 1.54) is 27.6 Å². The molecule has 0 fully saturated rings.